The van der Waals surface area contributed by atoms with Crippen molar-refractivity contribution < 1.29 is 14.2 Å². The summed E-state index contributed by atoms with van der Waals surface area (Å²) in [6, 6.07) is 11.4. The Kier molecular flexibility index (Phi) is 4.95. The lowest BCUT2D eigenvalue weighted by molar-refractivity contribution is 0.315. The number of anilines is 1. The molecule has 2 unspecified atom stereocenters. The van der Waals surface area contributed by atoms with Crippen molar-refractivity contribution in [3.63, 3.8) is 0 Å². The van der Waals surface area contributed by atoms with Gasteiger partial charge in [-0.05, 0) is 46.7 Å². The largest absolute Gasteiger partial charge is 0.493 e. The standard InChI is InChI=1S/C19H20ClN5O3/c1-26-16-9-8-13(17(27-2)18(16)28-3)15-10-14(11-4-6-12(20)7-5-11)21-19-22-23-24-25(15)19/h4-9,14-15H,10H2,1-3H3,(H,21,22,24). The van der Waals surface area contributed by atoms with E-state index in [1.807, 2.05) is 36.4 Å². The highest BCUT2D eigenvalue weighted by atomic mass is 35.5. The van der Waals surface area contributed by atoms with Crippen LogP contribution in [0.25, 0.3) is 0 Å². The van der Waals surface area contributed by atoms with E-state index in [1.165, 1.54) is 0 Å². The van der Waals surface area contributed by atoms with Crippen LogP contribution in [0.1, 0.15) is 29.6 Å². The van der Waals surface area contributed by atoms with Crippen molar-refractivity contribution in [2.24, 2.45) is 0 Å². The Hall–Kier alpha value is -3.00. The Labute approximate surface area is 167 Å². The second kappa shape index (κ2) is 7.55. The van der Waals surface area contributed by atoms with Gasteiger partial charge in [0.1, 0.15) is 0 Å². The number of rotatable bonds is 5. The molecule has 0 spiro atoms. The number of benzene rings is 2. The molecule has 0 radical (unpaired) electrons. The van der Waals surface area contributed by atoms with E-state index >= 15 is 0 Å². The summed E-state index contributed by atoms with van der Waals surface area (Å²) in [7, 11) is 4.79. The maximum Gasteiger partial charge on any atom is 0.243 e. The molecular weight excluding hydrogens is 382 g/mol. The first-order chi connectivity index (χ1) is 13.7. The van der Waals surface area contributed by atoms with Crippen LogP contribution < -0.4 is 19.5 Å². The maximum atomic E-state index is 6.04. The lowest BCUT2D eigenvalue weighted by Crippen LogP contribution is -2.28. The van der Waals surface area contributed by atoms with E-state index in [-0.39, 0.29) is 12.1 Å². The minimum atomic E-state index is -0.151. The second-order valence-electron chi connectivity index (χ2n) is 6.37. The van der Waals surface area contributed by atoms with Gasteiger partial charge >= 0.3 is 0 Å². The van der Waals surface area contributed by atoms with Gasteiger partial charge in [-0.1, -0.05) is 28.8 Å². The Morgan fingerprint density at radius 1 is 1.00 bits per heavy atom. The van der Waals surface area contributed by atoms with E-state index in [0.29, 0.717) is 34.6 Å². The third-order valence-electron chi connectivity index (χ3n) is 4.92. The number of halogens is 1. The highest BCUT2D eigenvalue weighted by Gasteiger charge is 2.33. The highest BCUT2D eigenvalue weighted by molar-refractivity contribution is 6.30. The summed E-state index contributed by atoms with van der Waals surface area (Å²) in [4.78, 5) is 0. The average Bonchev–Trinajstić information content (AvgIpc) is 3.21. The molecule has 3 aromatic rings. The summed E-state index contributed by atoms with van der Waals surface area (Å²) in [6.07, 6.45) is 0.714. The minimum absolute atomic E-state index is 0.0126. The van der Waals surface area contributed by atoms with Crippen LogP contribution in [-0.4, -0.2) is 41.5 Å². The molecule has 0 fully saturated rings. The van der Waals surface area contributed by atoms with Gasteiger partial charge in [-0.2, -0.15) is 0 Å². The topological polar surface area (TPSA) is 83.3 Å². The molecule has 4 rings (SSSR count). The van der Waals surface area contributed by atoms with Crippen LogP contribution in [0, 0.1) is 0 Å². The zero-order chi connectivity index (χ0) is 19.7. The van der Waals surface area contributed by atoms with Crippen molar-refractivity contribution in [1.29, 1.82) is 0 Å². The van der Waals surface area contributed by atoms with Crippen molar-refractivity contribution in [1.82, 2.24) is 20.2 Å². The molecule has 0 bridgehead atoms. The van der Waals surface area contributed by atoms with Gasteiger partial charge in [-0.3, -0.25) is 0 Å². The van der Waals surface area contributed by atoms with Gasteiger partial charge in [0.25, 0.3) is 0 Å². The lowest BCUT2D eigenvalue weighted by atomic mass is 9.92. The van der Waals surface area contributed by atoms with E-state index in [2.05, 4.69) is 20.8 Å². The number of hydrogen-bond donors (Lipinski definition) is 1. The average molecular weight is 402 g/mol. The summed E-state index contributed by atoms with van der Waals surface area (Å²) in [5.41, 5.74) is 2.01. The molecule has 2 heterocycles. The van der Waals surface area contributed by atoms with Crippen LogP contribution in [0.2, 0.25) is 5.02 Å². The third-order valence-corrected chi connectivity index (χ3v) is 5.17. The predicted octanol–water partition coefficient (Wildman–Crippen LogP) is 3.50. The van der Waals surface area contributed by atoms with Gasteiger partial charge in [-0.15, -0.1) is 0 Å². The summed E-state index contributed by atoms with van der Waals surface area (Å²) in [5, 5.41) is 16.2. The van der Waals surface area contributed by atoms with Gasteiger partial charge in [0, 0.05) is 10.6 Å². The maximum absolute atomic E-state index is 6.04. The molecule has 8 nitrogen and oxygen atoms in total. The Balaban J connectivity index is 1.80. The lowest BCUT2D eigenvalue weighted by Gasteiger charge is -2.32. The normalized spacial score (nSPS) is 18.1. The Morgan fingerprint density at radius 2 is 1.75 bits per heavy atom. The number of nitrogens with one attached hydrogen (secondary N) is 1. The molecule has 0 amide bonds. The summed E-state index contributed by atoms with van der Waals surface area (Å²) >= 11 is 6.04. The van der Waals surface area contributed by atoms with E-state index < -0.39 is 0 Å². The Bertz CT molecular complexity index is 976. The van der Waals surface area contributed by atoms with E-state index in [0.717, 1.165) is 11.1 Å². The van der Waals surface area contributed by atoms with Gasteiger partial charge in [0.2, 0.25) is 11.7 Å². The van der Waals surface area contributed by atoms with Crippen LogP contribution in [-0.2, 0) is 0 Å². The van der Waals surface area contributed by atoms with Crippen molar-refractivity contribution in [2.45, 2.75) is 18.5 Å². The van der Waals surface area contributed by atoms with Crippen molar-refractivity contribution in [3.05, 3.63) is 52.5 Å². The Morgan fingerprint density at radius 3 is 2.43 bits per heavy atom. The second-order valence-corrected chi connectivity index (χ2v) is 6.81. The smallest absolute Gasteiger partial charge is 0.243 e. The van der Waals surface area contributed by atoms with Gasteiger partial charge < -0.3 is 19.5 Å². The van der Waals surface area contributed by atoms with Crippen LogP contribution in [0.5, 0.6) is 17.2 Å². The molecule has 2 aromatic carbocycles. The summed E-state index contributed by atoms with van der Waals surface area (Å²) in [6.45, 7) is 0. The molecule has 28 heavy (non-hydrogen) atoms. The van der Waals surface area contributed by atoms with Gasteiger partial charge in [0.15, 0.2) is 11.5 Å². The van der Waals surface area contributed by atoms with Crippen molar-refractivity contribution in [3.8, 4) is 17.2 Å². The molecule has 2 atom stereocenters. The number of methoxy groups -OCH3 is 3. The van der Waals surface area contributed by atoms with Crippen LogP contribution in [0.15, 0.2) is 36.4 Å². The molecule has 146 valence electrons. The number of nitrogens with zero attached hydrogens (tertiary/aromatic N) is 4. The van der Waals surface area contributed by atoms with Crippen molar-refractivity contribution >= 4 is 17.5 Å². The molecule has 1 aromatic heterocycles. The molecule has 0 saturated heterocycles. The SMILES string of the molecule is COc1ccc(C2CC(c3ccc(Cl)cc3)Nc3nnnn32)c(OC)c1OC. The van der Waals surface area contributed by atoms with Crippen LogP contribution in [0.3, 0.4) is 0 Å². The molecule has 9 heteroatoms. The monoisotopic (exact) mass is 401 g/mol. The number of ether oxygens (including phenoxy) is 3. The fourth-order valence-corrected chi connectivity index (χ4v) is 3.72. The van der Waals surface area contributed by atoms with Crippen LogP contribution >= 0.6 is 11.6 Å². The predicted molar refractivity (Wildman–Crippen MR) is 104 cm³/mol. The van der Waals surface area contributed by atoms with E-state index in [1.54, 1.807) is 26.0 Å². The fraction of sp³-hybridized carbons (Fsp3) is 0.316. The quantitative estimate of drug-likeness (QED) is 0.700. The number of fused-ring (bicyclic) bond motifs is 1. The molecule has 0 saturated carbocycles. The first-order valence-electron chi connectivity index (χ1n) is 8.75. The highest BCUT2D eigenvalue weighted by Crippen LogP contribution is 2.46. The van der Waals surface area contributed by atoms with Crippen molar-refractivity contribution in [2.75, 3.05) is 26.6 Å². The molecule has 0 aliphatic carbocycles. The number of hydrogen-bond acceptors (Lipinski definition) is 7. The minimum Gasteiger partial charge on any atom is -0.493 e. The van der Waals surface area contributed by atoms with Gasteiger partial charge in [-0.25, -0.2) is 4.68 Å². The molecule has 1 aliphatic heterocycles. The number of tetrazole rings is 1. The first kappa shape index (κ1) is 18.4. The zero-order valence-corrected chi connectivity index (χ0v) is 16.5. The fourth-order valence-electron chi connectivity index (χ4n) is 3.60. The molecule has 1 aliphatic rings. The third kappa shape index (κ3) is 3.09. The summed E-state index contributed by atoms with van der Waals surface area (Å²) in [5.74, 6) is 2.33. The van der Waals surface area contributed by atoms with Crippen LogP contribution in [0.4, 0.5) is 5.95 Å². The van der Waals surface area contributed by atoms with Gasteiger partial charge in [0.05, 0.1) is 33.4 Å². The zero-order valence-electron chi connectivity index (χ0n) is 15.7. The molecular formula is C19H20ClN5O3. The first-order valence-corrected chi connectivity index (χ1v) is 9.12. The van der Waals surface area contributed by atoms with E-state index in [9.17, 15) is 0 Å². The number of aromatic nitrogens is 4. The summed E-state index contributed by atoms with van der Waals surface area (Å²) < 4.78 is 18.4. The molecule has 1 N–H and O–H groups in total. The van der Waals surface area contributed by atoms with E-state index in [4.69, 9.17) is 25.8 Å².